The number of nitrogens with one attached hydrogen (secondary N) is 1. The molecule has 0 aliphatic heterocycles. The van der Waals surface area contributed by atoms with Gasteiger partial charge in [0.15, 0.2) is 5.69 Å². The van der Waals surface area contributed by atoms with Crippen LogP contribution < -0.4 is 5.32 Å². The van der Waals surface area contributed by atoms with E-state index in [2.05, 4.69) is 15.4 Å². The first kappa shape index (κ1) is 14.0. The standard InChI is InChI=1S/C15H9ClFN5/c16-11-5-6-15(21-13(11)7-18)20-10-8-19-22(9-10)14-4-2-1-3-12(14)17/h1-6,8-9H,(H,20,21). The Morgan fingerprint density at radius 1 is 1.23 bits per heavy atom. The Morgan fingerprint density at radius 2 is 2.05 bits per heavy atom. The summed E-state index contributed by atoms with van der Waals surface area (Å²) in [7, 11) is 0. The van der Waals surface area contributed by atoms with E-state index in [-0.39, 0.29) is 16.5 Å². The first-order valence-electron chi connectivity index (χ1n) is 6.30. The summed E-state index contributed by atoms with van der Waals surface area (Å²) in [5.74, 6) is 0.0857. The molecule has 2 aromatic heterocycles. The molecular formula is C15H9ClFN5. The predicted molar refractivity (Wildman–Crippen MR) is 80.8 cm³/mol. The van der Waals surface area contributed by atoms with Crippen LogP contribution in [0.3, 0.4) is 0 Å². The van der Waals surface area contributed by atoms with Crippen LogP contribution in [0.2, 0.25) is 5.02 Å². The Kier molecular flexibility index (Phi) is 3.73. The number of hydrogen-bond donors (Lipinski definition) is 1. The van der Waals surface area contributed by atoms with Gasteiger partial charge in [-0.2, -0.15) is 10.4 Å². The summed E-state index contributed by atoms with van der Waals surface area (Å²) in [6.45, 7) is 0. The third-order valence-electron chi connectivity index (χ3n) is 2.91. The van der Waals surface area contributed by atoms with Crippen molar-refractivity contribution >= 4 is 23.1 Å². The van der Waals surface area contributed by atoms with Crippen LogP contribution in [0, 0.1) is 17.1 Å². The number of pyridine rings is 1. The highest BCUT2D eigenvalue weighted by molar-refractivity contribution is 6.31. The Bertz CT molecular complexity index is 868. The van der Waals surface area contributed by atoms with Gasteiger partial charge in [0.2, 0.25) is 0 Å². The van der Waals surface area contributed by atoms with Crippen LogP contribution in [0.1, 0.15) is 5.69 Å². The minimum Gasteiger partial charge on any atom is -0.338 e. The Labute approximate surface area is 130 Å². The summed E-state index contributed by atoms with van der Waals surface area (Å²) in [5.41, 5.74) is 1.09. The van der Waals surface area contributed by atoms with Crippen molar-refractivity contribution in [3.8, 4) is 11.8 Å². The van der Waals surface area contributed by atoms with E-state index in [1.165, 1.54) is 16.9 Å². The van der Waals surface area contributed by atoms with Crippen molar-refractivity contribution in [3.05, 3.63) is 65.3 Å². The number of anilines is 2. The maximum absolute atomic E-state index is 13.7. The normalized spacial score (nSPS) is 10.2. The van der Waals surface area contributed by atoms with Gasteiger partial charge < -0.3 is 5.32 Å². The molecule has 1 N–H and O–H groups in total. The summed E-state index contributed by atoms with van der Waals surface area (Å²) < 4.78 is 15.1. The van der Waals surface area contributed by atoms with Gasteiger partial charge in [-0.05, 0) is 24.3 Å². The average molecular weight is 314 g/mol. The van der Waals surface area contributed by atoms with Gasteiger partial charge >= 0.3 is 0 Å². The zero-order valence-electron chi connectivity index (χ0n) is 11.2. The fourth-order valence-electron chi connectivity index (χ4n) is 1.89. The lowest BCUT2D eigenvalue weighted by Gasteiger charge is -2.04. The van der Waals surface area contributed by atoms with Gasteiger partial charge in [0.1, 0.15) is 23.4 Å². The van der Waals surface area contributed by atoms with Crippen molar-refractivity contribution in [2.24, 2.45) is 0 Å². The van der Waals surface area contributed by atoms with E-state index in [1.54, 1.807) is 36.5 Å². The zero-order chi connectivity index (χ0) is 15.5. The lowest BCUT2D eigenvalue weighted by molar-refractivity contribution is 0.611. The van der Waals surface area contributed by atoms with Gasteiger partial charge in [-0.15, -0.1) is 0 Å². The largest absolute Gasteiger partial charge is 0.338 e. The molecule has 5 nitrogen and oxygen atoms in total. The van der Waals surface area contributed by atoms with Gasteiger partial charge in [-0.25, -0.2) is 14.1 Å². The van der Waals surface area contributed by atoms with Crippen LogP contribution in [0.25, 0.3) is 5.69 Å². The molecule has 108 valence electrons. The molecule has 0 aliphatic rings. The molecule has 0 spiro atoms. The molecule has 0 saturated heterocycles. The SMILES string of the molecule is N#Cc1nc(Nc2cnn(-c3ccccc3F)c2)ccc1Cl. The molecule has 2 heterocycles. The summed E-state index contributed by atoms with van der Waals surface area (Å²) >= 11 is 5.83. The first-order chi connectivity index (χ1) is 10.7. The summed E-state index contributed by atoms with van der Waals surface area (Å²) in [6.07, 6.45) is 3.16. The molecule has 0 saturated carbocycles. The summed E-state index contributed by atoms with van der Waals surface area (Å²) in [5, 5.41) is 16.3. The molecule has 0 fully saturated rings. The second-order valence-electron chi connectivity index (χ2n) is 4.39. The minimum absolute atomic E-state index is 0.133. The van der Waals surface area contributed by atoms with Crippen molar-refractivity contribution in [1.29, 1.82) is 5.26 Å². The van der Waals surface area contributed by atoms with Crippen LogP contribution in [-0.4, -0.2) is 14.8 Å². The number of halogens is 2. The molecule has 0 aliphatic carbocycles. The van der Waals surface area contributed by atoms with Crippen LogP contribution >= 0.6 is 11.6 Å². The number of nitrogens with zero attached hydrogens (tertiary/aromatic N) is 4. The number of nitriles is 1. The monoisotopic (exact) mass is 313 g/mol. The Morgan fingerprint density at radius 3 is 2.82 bits per heavy atom. The van der Waals surface area contributed by atoms with Crippen LogP contribution in [0.4, 0.5) is 15.9 Å². The van der Waals surface area contributed by atoms with Crippen molar-refractivity contribution < 1.29 is 4.39 Å². The van der Waals surface area contributed by atoms with Crippen LogP contribution in [-0.2, 0) is 0 Å². The highest BCUT2D eigenvalue weighted by Gasteiger charge is 2.07. The highest BCUT2D eigenvalue weighted by Crippen LogP contribution is 2.20. The van der Waals surface area contributed by atoms with E-state index in [0.717, 1.165) is 0 Å². The Hall–Kier alpha value is -2.91. The zero-order valence-corrected chi connectivity index (χ0v) is 11.9. The lowest BCUT2D eigenvalue weighted by Crippen LogP contribution is -1.97. The van der Waals surface area contributed by atoms with E-state index in [1.807, 2.05) is 6.07 Å². The van der Waals surface area contributed by atoms with Gasteiger partial charge in [0.25, 0.3) is 0 Å². The van der Waals surface area contributed by atoms with Gasteiger partial charge in [-0.1, -0.05) is 23.7 Å². The van der Waals surface area contributed by atoms with Gasteiger partial charge in [0, 0.05) is 0 Å². The number of para-hydroxylation sites is 1. The van der Waals surface area contributed by atoms with Crippen molar-refractivity contribution in [3.63, 3.8) is 0 Å². The van der Waals surface area contributed by atoms with E-state index in [4.69, 9.17) is 16.9 Å². The molecule has 0 radical (unpaired) electrons. The third kappa shape index (κ3) is 2.75. The van der Waals surface area contributed by atoms with Crippen LogP contribution in [0.15, 0.2) is 48.8 Å². The Balaban J connectivity index is 1.86. The first-order valence-corrected chi connectivity index (χ1v) is 6.68. The quantitative estimate of drug-likeness (QED) is 0.801. The average Bonchev–Trinajstić information content (AvgIpc) is 2.98. The molecular weight excluding hydrogens is 305 g/mol. The second-order valence-corrected chi connectivity index (χ2v) is 4.80. The summed E-state index contributed by atoms with van der Waals surface area (Å²) in [4.78, 5) is 4.07. The van der Waals surface area contributed by atoms with Gasteiger partial charge in [0.05, 0.1) is 23.1 Å². The lowest BCUT2D eigenvalue weighted by atomic mass is 10.3. The summed E-state index contributed by atoms with van der Waals surface area (Å²) in [6, 6.07) is 11.5. The molecule has 22 heavy (non-hydrogen) atoms. The molecule has 3 aromatic rings. The minimum atomic E-state index is -0.367. The molecule has 3 rings (SSSR count). The van der Waals surface area contributed by atoms with Crippen molar-refractivity contribution in [2.75, 3.05) is 5.32 Å². The predicted octanol–water partition coefficient (Wildman–Crippen LogP) is 3.68. The maximum atomic E-state index is 13.7. The molecule has 0 amide bonds. The van der Waals surface area contributed by atoms with E-state index < -0.39 is 0 Å². The molecule has 1 aromatic carbocycles. The van der Waals surface area contributed by atoms with Gasteiger partial charge in [-0.3, -0.25) is 0 Å². The van der Waals surface area contributed by atoms with Crippen LogP contribution in [0.5, 0.6) is 0 Å². The molecule has 0 unspecified atom stereocenters. The number of aromatic nitrogens is 3. The number of benzene rings is 1. The number of hydrogen-bond acceptors (Lipinski definition) is 4. The van der Waals surface area contributed by atoms with Crippen molar-refractivity contribution in [2.45, 2.75) is 0 Å². The smallest absolute Gasteiger partial charge is 0.161 e. The maximum Gasteiger partial charge on any atom is 0.161 e. The van der Waals surface area contributed by atoms with Crippen molar-refractivity contribution in [1.82, 2.24) is 14.8 Å². The second kappa shape index (κ2) is 5.84. The topological polar surface area (TPSA) is 66.5 Å². The third-order valence-corrected chi connectivity index (χ3v) is 3.21. The highest BCUT2D eigenvalue weighted by atomic mass is 35.5. The molecule has 0 bridgehead atoms. The number of rotatable bonds is 3. The van der Waals surface area contributed by atoms with E-state index >= 15 is 0 Å². The fraction of sp³-hybridized carbons (Fsp3) is 0. The molecule has 0 atom stereocenters. The van der Waals surface area contributed by atoms with E-state index in [0.29, 0.717) is 17.2 Å². The fourth-order valence-corrected chi connectivity index (χ4v) is 2.04. The molecule has 7 heteroatoms. The van der Waals surface area contributed by atoms with E-state index in [9.17, 15) is 4.39 Å².